The van der Waals surface area contributed by atoms with E-state index in [1.165, 1.54) is 25.7 Å². The van der Waals surface area contributed by atoms with E-state index in [0.717, 1.165) is 12.0 Å². The summed E-state index contributed by atoms with van der Waals surface area (Å²) in [6.45, 7) is 2.24. The van der Waals surface area contributed by atoms with Gasteiger partial charge in [0.15, 0.2) is 0 Å². The van der Waals surface area contributed by atoms with E-state index in [2.05, 4.69) is 12.2 Å². The highest BCUT2D eigenvalue weighted by atomic mass is 16.2. The van der Waals surface area contributed by atoms with Crippen molar-refractivity contribution in [2.75, 3.05) is 0 Å². The van der Waals surface area contributed by atoms with E-state index in [1.54, 1.807) is 0 Å². The van der Waals surface area contributed by atoms with Crippen LogP contribution in [-0.2, 0) is 11.2 Å². The van der Waals surface area contributed by atoms with E-state index in [0.29, 0.717) is 18.4 Å². The molecule has 1 aliphatic rings. The Bertz CT molecular complexity index is 418. The van der Waals surface area contributed by atoms with E-state index in [1.807, 2.05) is 30.3 Å². The van der Waals surface area contributed by atoms with Gasteiger partial charge in [0.05, 0.1) is 6.04 Å². The average Bonchev–Trinajstić information content (AvgIpc) is 2.65. The van der Waals surface area contributed by atoms with Crippen LogP contribution in [0.25, 0.3) is 0 Å². The first-order valence-corrected chi connectivity index (χ1v) is 7.76. The minimum atomic E-state index is -0.451. The van der Waals surface area contributed by atoms with Crippen LogP contribution < -0.4 is 11.1 Å². The third-order valence-corrected chi connectivity index (χ3v) is 4.32. The summed E-state index contributed by atoms with van der Waals surface area (Å²) in [6.07, 6.45) is 6.68. The highest BCUT2D eigenvalue weighted by Gasteiger charge is 2.23. The van der Waals surface area contributed by atoms with Gasteiger partial charge in [-0.25, -0.2) is 0 Å². The molecule has 0 spiro atoms. The van der Waals surface area contributed by atoms with Crippen molar-refractivity contribution in [3.63, 3.8) is 0 Å². The van der Waals surface area contributed by atoms with E-state index in [-0.39, 0.29) is 5.91 Å². The Morgan fingerprint density at radius 2 is 1.95 bits per heavy atom. The van der Waals surface area contributed by atoms with Crippen LogP contribution in [0.5, 0.6) is 0 Å². The lowest BCUT2D eigenvalue weighted by Gasteiger charge is -2.24. The maximum Gasteiger partial charge on any atom is 0.237 e. The van der Waals surface area contributed by atoms with Crippen LogP contribution in [0.15, 0.2) is 30.3 Å². The molecule has 0 radical (unpaired) electrons. The zero-order valence-electron chi connectivity index (χ0n) is 12.3. The van der Waals surface area contributed by atoms with Gasteiger partial charge in [-0.15, -0.1) is 0 Å². The van der Waals surface area contributed by atoms with Crippen molar-refractivity contribution in [2.24, 2.45) is 11.7 Å². The van der Waals surface area contributed by atoms with Crippen molar-refractivity contribution in [3.8, 4) is 0 Å². The monoisotopic (exact) mass is 274 g/mol. The molecule has 0 aliphatic heterocycles. The second-order valence-corrected chi connectivity index (χ2v) is 6.03. The molecule has 3 N–H and O–H groups in total. The maximum atomic E-state index is 12.2. The van der Waals surface area contributed by atoms with Crippen LogP contribution in [0.4, 0.5) is 0 Å². The molecular formula is C17H26N2O. The largest absolute Gasteiger partial charge is 0.352 e. The van der Waals surface area contributed by atoms with Gasteiger partial charge in [0.25, 0.3) is 0 Å². The van der Waals surface area contributed by atoms with Crippen LogP contribution >= 0.6 is 0 Å². The Hall–Kier alpha value is -1.35. The molecule has 0 saturated heterocycles. The first kappa shape index (κ1) is 15.0. The number of rotatable bonds is 4. The van der Waals surface area contributed by atoms with E-state index in [9.17, 15) is 4.79 Å². The van der Waals surface area contributed by atoms with Gasteiger partial charge in [-0.2, -0.15) is 0 Å². The zero-order chi connectivity index (χ0) is 14.4. The molecular weight excluding hydrogens is 248 g/mol. The third-order valence-electron chi connectivity index (χ3n) is 4.32. The quantitative estimate of drug-likeness (QED) is 0.829. The fourth-order valence-corrected chi connectivity index (χ4v) is 2.96. The Morgan fingerprint density at radius 3 is 2.70 bits per heavy atom. The number of nitrogens with one attached hydrogen (secondary N) is 1. The highest BCUT2D eigenvalue weighted by molar-refractivity contribution is 5.82. The summed E-state index contributed by atoms with van der Waals surface area (Å²) in [5.74, 6) is 0.554. The Balaban J connectivity index is 1.87. The number of carbonyl (C=O) groups excluding carboxylic acids is 1. The van der Waals surface area contributed by atoms with Gasteiger partial charge in [0.2, 0.25) is 5.91 Å². The van der Waals surface area contributed by atoms with E-state index < -0.39 is 6.04 Å². The number of benzene rings is 1. The predicted octanol–water partition coefficient (Wildman–Crippen LogP) is 2.64. The van der Waals surface area contributed by atoms with Gasteiger partial charge in [0.1, 0.15) is 0 Å². The lowest BCUT2D eigenvalue weighted by atomic mass is 9.96. The topological polar surface area (TPSA) is 55.1 Å². The summed E-state index contributed by atoms with van der Waals surface area (Å²) in [7, 11) is 0. The van der Waals surface area contributed by atoms with Gasteiger partial charge in [-0.3, -0.25) is 4.79 Å². The highest BCUT2D eigenvalue weighted by Crippen LogP contribution is 2.23. The molecule has 3 unspecified atom stereocenters. The number of amides is 1. The molecule has 0 bridgehead atoms. The fourth-order valence-electron chi connectivity index (χ4n) is 2.96. The van der Waals surface area contributed by atoms with Gasteiger partial charge in [-0.05, 0) is 30.7 Å². The van der Waals surface area contributed by atoms with Crippen LogP contribution in [0.3, 0.4) is 0 Å². The Morgan fingerprint density at radius 1 is 1.25 bits per heavy atom. The molecule has 0 aromatic heterocycles. The molecule has 1 amide bonds. The second-order valence-electron chi connectivity index (χ2n) is 6.03. The van der Waals surface area contributed by atoms with Gasteiger partial charge < -0.3 is 11.1 Å². The number of nitrogens with two attached hydrogens (primary N) is 1. The molecule has 1 fully saturated rings. The normalized spacial score (nSPS) is 24.7. The van der Waals surface area contributed by atoms with Crippen LogP contribution in [-0.4, -0.2) is 18.0 Å². The minimum absolute atomic E-state index is 0.00685. The first-order valence-electron chi connectivity index (χ1n) is 7.76. The molecule has 1 aromatic rings. The van der Waals surface area contributed by atoms with Crippen molar-refractivity contribution in [2.45, 2.75) is 57.5 Å². The molecule has 20 heavy (non-hydrogen) atoms. The van der Waals surface area contributed by atoms with E-state index in [4.69, 9.17) is 5.73 Å². The summed E-state index contributed by atoms with van der Waals surface area (Å²) in [5.41, 5.74) is 7.15. The van der Waals surface area contributed by atoms with Gasteiger partial charge in [-0.1, -0.05) is 56.5 Å². The van der Waals surface area contributed by atoms with Crippen LogP contribution in [0.2, 0.25) is 0 Å². The average molecular weight is 274 g/mol. The summed E-state index contributed by atoms with van der Waals surface area (Å²) >= 11 is 0. The summed E-state index contributed by atoms with van der Waals surface area (Å²) in [5, 5.41) is 3.16. The molecule has 3 nitrogen and oxygen atoms in total. The number of carbonyl (C=O) groups is 1. The smallest absolute Gasteiger partial charge is 0.237 e. The van der Waals surface area contributed by atoms with Gasteiger partial charge in [0, 0.05) is 6.04 Å². The molecule has 2 rings (SSSR count). The summed E-state index contributed by atoms with van der Waals surface area (Å²) < 4.78 is 0. The van der Waals surface area contributed by atoms with Crippen LogP contribution in [0.1, 0.15) is 44.6 Å². The molecule has 1 aromatic carbocycles. The SMILES string of the molecule is CC1CCCCCC1NC(=O)C(N)Cc1ccccc1. The van der Waals surface area contributed by atoms with Gasteiger partial charge >= 0.3 is 0 Å². The summed E-state index contributed by atoms with van der Waals surface area (Å²) in [4.78, 5) is 12.2. The molecule has 1 aliphatic carbocycles. The van der Waals surface area contributed by atoms with Crippen molar-refractivity contribution in [1.82, 2.24) is 5.32 Å². The minimum Gasteiger partial charge on any atom is -0.352 e. The number of hydrogen-bond acceptors (Lipinski definition) is 2. The van der Waals surface area contributed by atoms with Crippen molar-refractivity contribution < 1.29 is 4.79 Å². The van der Waals surface area contributed by atoms with Crippen molar-refractivity contribution >= 4 is 5.91 Å². The Labute approximate surface area is 121 Å². The fraction of sp³-hybridized carbons (Fsp3) is 0.588. The zero-order valence-corrected chi connectivity index (χ0v) is 12.3. The maximum absolute atomic E-state index is 12.2. The first-order chi connectivity index (χ1) is 9.66. The molecule has 3 heteroatoms. The molecule has 3 atom stereocenters. The third kappa shape index (κ3) is 4.34. The predicted molar refractivity (Wildman–Crippen MR) is 82.3 cm³/mol. The van der Waals surface area contributed by atoms with Crippen molar-refractivity contribution in [1.29, 1.82) is 0 Å². The lowest BCUT2D eigenvalue weighted by molar-refractivity contribution is -0.123. The van der Waals surface area contributed by atoms with Crippen molar-refractivity contribution in [3.05, 3.63) is 35.9 Å². The molecule has 110 valence electrons. The molecule has 0 heterocycles. The second kappa shape index (κ2) is 7.44. The molecule has 1 saturated carbocycles. The van der Waals surface area contributed by atoms with E-state index >= 15 is 0 Å². The standard InChI is InChI=1S/C17H26N2O/c1-13-8-4-2-7-11-16(13)19-17(20)15(18)12-14-9-5-3-6-10-14/h3,5-6,9-10,13,15-16H,2,4,7-8,11-12,18H2,1H3,(H,19,20). The lowest BCUT2D eigenvalue weighted by Crippen LogP contribution is -2.48. The summed E-state index contributed by atoms with van der Waals surface area (Å²) in [6, 6.07) is 9.81. The Kier molecular flexibility index (Phi) is 5.60. The number of hydrogen-bond donors (Lipinski definition) is 2. The van der Waals surface area contributed by atoms with Crippen LogP contribution in [0, 0.1) is 5.92 Å².